The van der Waals surface area contributed by atoms with Gasteiger partial charge in [0, 0.05) is 49.6 Å². The summed E-state index contributed by atoms with van der Waals surface area (Å²) in [5.41, 5.74) is 3.59. The average molecular weight is 407 g/mol. The number of nitrogens with zero attached hydrogens (tertiary/aromatic N) is 4. The number of rotatable bonds is 5. The molecule has 5 nitrogen and oxygen atoms in total. The molecule has 3 aromatic heterocycles. The van der Waals surface area contributed by atoms with Crippen molar-refractivity contribution in [1.29, 1.82) is 0 Å². The zero-order valence-electron chi connectivity index (χ0n) is 16.6. The van der Waals surface area contributed by atoms with Crippen molar-refractivity contribution >= 4 is 11.3 Å². The molecule has 0 unspecified atom stereocenters. The number of hydrogen-bond donors (Lipinski definition) is 0. The van der Waals surface area contributed by atoms with Gasteiger partial charge in [0.25, 0.3) is 0 Å². The van der Waals surface area contributed by atoms with Crippen LogP contribution in [0.2, 0.25) is 0 Å². The van der Waals surface area contributed by atoms with E-state index in [2.05, 4.69) is 32.4 Å². The first-order valence-corrected chi connectivity index (χ1v) is 11.4. The molecule has 0 N–H and O–H groups in total. The SMILES string of the molecule is c1csc(-c2ncc3c(n2)CCN(Cc2cccnc2OC2CCCCC2)C3)c1. The van der Waals surface area contributed by atoms with Crippen molar-refractivity contribution in [3.63, 3.8) is 0 Å². The molecule has 1 aliphatic heterocycles. The van der Waals surface area contributed by atoms with Crippen LogP contribution in [-0.2, 0) is 19.5 Å². The van der Waals surface area contributed by atoms with Crippen LogP contribution >= 0.6 is 11.3 Å². The number of fused-ring (bicyclic) bond motifs is 1. The quantitative estimate of drug-likeness (QED) is 0.605. The number of ether oxygens (including phenoxy) is 1. The molecular weight excluding hydrogens is 380 g/mol. The van der Waals surface area contributed by atoms with Gasteiger partial charge >= 0.3 is 0 Å². The summed E-state index contributed by atoms with van der Waals surface area (Å²) in [6.45, 7) is 2.71. The van der Waals surface area contributed by atoms with E-state index in [1.165, 1.54) is 36.1 Å². The molecule has 0 spiro atoms. The van der Waals surface area contributed by atoms with Crippen LogP contribution in [0.15, 0.2) is 42.0 Å². The smallest absolute Gasteiger partial charge is 0.218 e. The Balaban J connectivity index is 1.28. The van der Waals surface area contributed by atoms with E-state index < -0.39 is 0 Å². The lowest BCUT2D eigenvalue weighted by Gasteiger charge is -2.29. The Hall–Kier alpha value is -2.31. The number of aromatic nitrogens is 3. The predicted octanol–water partition coefficient (Wildman–Crippen LogP) is 4.87. The van der Waals surface area contributed by atoms with Gasteiger partial charge < -0.3 is 4.74 Å². The summed E-state index contributed by atoms with van der Waals surface area (Å²) >= 11 is 1.69. The molecule has 0 amide bonds. The zero-order valence-corrected chi connectivity index (χ0v) is 17.4. The lowest BCUT2D eigenvalue weighted by molar-refractivity contribution is 0.143. The number of thiophene rings is 1. The molecule has 0 saturated heterocycles. The van der Waals surface area contributed by atoms with E-state index in [9.17, 15) is 0 Å². The highest BCUT2D eigenvalue weighted by molar-refractivity contribution is 7.13. The van der Waals surface area contributed by atoms with Gasteiger partial charge in [0.2, 0.25) is 5.88 Å². The molecular formula is C23H26N4OS. The first-order valence-electron chi connectivity index (χ1n) is 10.6. The second-order valence-corrected chi connectivity index (χ2v) is 8.90. The van der Waals surface area contributed by atoms with Crippen molar-refractivity contribution in [1.82, 2.24) is 19.9 Å². The minimum absolute atomic E-state index is 0.323. The third-order valence-corrected chi connectivity index (χ3v) is 6.69. The van der Waals surface area contributed by atoms with Crippen LogP contribution in [0.1, 0.15) is 48.9 Å². The molecule has 2 aliphatic rings. The summed E-state index contributed by atoms with van der Waals surface area (Å²) < 4.78 is 6.29. The normalized spacial score (nSPS) is 17.8. The van der Waals surface area contributed by atoms with Gasteiger partial charge in [0.05, 0.1) is 10.6 Å². The first kappa shape index (κ1) is 18.7. The van der Waals surface area contributed by atoms with E-state index in [4.69, 9.17) is 9.72 Å². The van der Waals surface area contributed by atoms with Crippen molar-refractivity contribution in [3.8, 4) is 16.6 Å². The molecule has 6 heteroatoms. The predicted molar refractivity (Wildman–Crippen MR) is 115 cm³/mol. The fraction of sp³-hybridized carbons (Fsp3) is 0.435. The van der Waals surface area contributed by atoms with Gasteiger partial charge in [-0.05, 0) is 43.2 Å². The molecule has 5 rings (SSSR count). The van der Waals surface area contributed by atoms with Gasteiger partial charge in [-0.3, -0.25) is 4.90 Å². The fourth-order valence-electron chi connectivity index (χ4n) is 4.27. The summed E-state index contributed by atoms with van der Waals surface area (Å²) in [6.07, 6.45) is 11.3. The lowest BCUT2D eigenvalue weighted by atomic mass is 9.98. The second-order valence-electron chi connectivity index (χ2n) is 7.95. The molecule has 1 aliphatic carbocycles. The molecule has 3 aromatic rings. The highest BCUT2D eigenvalue weighted by Crippen LogP contribution is 2.28. The third-order valence-electron chi connectivity index (χ3n) is 5.83. The molecule has 150 valence electrons. The van der Waals surface area contributed by atoms with Crippen LogP contribution in [-0.4, -0.2) is 32.5 Å². The first-order chi connectivity index (χ1) is 14.3. The Kier molecular flexibility index (Phi) is 5.54. The Morgan fingerprint density at radius 2 is 2.03 bits per heavy atom. The molecule has 4 heterocycles. The molecule has 0 radical (unpaired) electrons. The fourth-order valence-corrected chi connectivity index (χ4v) is 4.93. The van der Waals surface area contributed by atoms with E-state index in [1.54, 1.807) is 11.3 Å². The van der Waals surface area contributed by atoms with Crippen LogP contribution in [0.4, 0.5) is 0 Å². The minimum Gasteiger partial charge on any atom is -0.474 e. The standard InChI is InChI=1S/C23H26N4OS/c1-2-7-19(8-3-1)28-23-17(6-4-11-24-23)15-27-12-10-20-18(16-27)14-25-22(26-20)21-9-5-13-29-21/h4-6,9,11,13-14,19H,1-3,7-8,10,12,15-16H2. The van der Waals surface area contributed by atoms with Gasteiger partial charge in [-0.2, -0.15) is 0 Å². The number of pyridine rings is 1. The van der Waals surface area contributed by atoms with E-state index >= 15 is 0 Å². The Morgan fingerprint density at radius 3 is 2.90 bits per heavy atom. The van der Waals surface area contributed by atoms with Crippen molar-refractivity contribution < 1.29 is 4.74 Å². The van der Waals surface area contributed by atoms with Crippen molar-refractivity contribution in [2.45, 2.75) is 57.7 Å². The van der Waals surface area contributed by atoms with Crippen molar-refractivity contribution in [2.75, 3.05) is 6.54 Å². The van der Waals surface area contributed by atoms with Gasteiger partial charge in [-0.1, -0.05) is 18.6 Å². The van der Waals surface area contributed by atoms with Crippen LogP contribution in [0.5, 0.6) is 5.88 Å². The van der Waals surface area contributed by atoms with E-state index in [-0.39, 0.29) is 0 Å². The Morgan fingerprint density at radius 1 is 1.10 bits per heavy atom. The highest BCUT2D eigenvalue weighted by atomic mass is 32.1. The zero-order chi connectivity index (χ0) is 19.5. The summed E-state index contributed by atoms with van der Waals surface area (Å²) in [6, 6.07) is 8.29. The van der Waals surface area contributed by atoms with Crippen LogP contribution in [0.3, 0.4) is 0 Å². The molecule has 0 aromatic carbocycles. The van der Waals surface area contributed by atoms with E-state index in [0.29, 0.717) is 6.10 Å². The molecule has 0 atom stereocenters. The molecule has 1 fully saturated rings. The monoisotopic (exact) mass is 406 g/mol. The van der Waals surface area contributed by atoms with Gasteiger partial charge in [0.1, 0.15) is 6.10 Å². The van der Waals surface area contributed by atoms with Crippen molar-refractivity contribution in [3.05, 3.63) is 58.9 Å². The largest absolute Gasteiger partial charge is 0.474 e. The van der Waals surface area contributed by atoms with Crippen LogP contribution < -0.4 is 4.74 Å². The summed E-state index contributed by atoms with van der Waals surface area (Å²) in [5, 5.41) is 2.07. The maximum atomic E-state index is 6.29. The van der Waals surface area contributed by atoms with Crippen molar-refractivity contribution in [2.24, 2.45) is 0 Å². The number of hydrogen-bond acceptors (Lipinski definition) is 6. The van der Waals surface area contributed by atoms with Crippen LogP contribution in [0.25, 0.3) is 10.7 Å². The maximum Gasteiger partial charge on any atom is 0.218 e. The summed E-state index contributed by atoms with van der Waals surface area (Å²) in [4.78, 5) is 17.6. The average Bonchev–Trinajstić information content (AvgIpc) is 3.30. The van der Waals surface area contributed by atoms with Crippen LogP contribution in [0, 0.1) is 0 Å². The summed E-state index contributed by atoms with van der Waals surface area (Å²) in [5.74, 6) is 1.66. The van der Waals surface area contributed by atoms with Gasteiger partial charge in [-0.15, -0.1) is 11.3 Å². The third kappa shape index (κ3) is 4.33. The van der Waals surface area contributed by atoms with E-state index in [0.717, 1.165) is 55.5 Å². The van der Waals surface area contributed by atoms with Gasteiger partial charge in [-0.25, -0.2) is 15.0 Å². The maximum absolute atomic E-state index is 6.29. The molecule has 29 heavy (non-hydrogen) atoms. The topological polar surface area (TPSA) is 51.1 Å². The van der Waals surface area contributed by atoms with E-state index in [1.807, 2.05) is 24.5 Å². The molecule has 1 saturated carbocycles. The highest BCUT2D eigenvalue weighted by Gasteiger charge is 2.22. The Labute approximate surface area is 175 Å². The van der Waals surface area contributed by atoms with Gasteiger partial charge in [0.15, 0.2) is 5.82 Å². The molecule has 0 bridgehead atoms. The second kappa shape index (κ2) is 8.59. The minimum atomic E-state index is 0.323. The summed E-state index contributed by atoms with van der Waals surface area (Å²) in [7, 11) is 0. The lowest BCUT2D eigenvalue weighted by Crippen LogP contribution is -2.31. The Bertz CT molecular complexity index is 953.